The topological polar surface area (TPSA) is 63.7 Å². The van der Waals surface area contributed by atoms with Crippen molar-refractivity contribution in [2.45, 2.75) is 26.3 Å². The normalized spacial score (nSPS) is 13.8. The van der Waals surface area contributed by atoms with Gasteiger partial charge in [-0.25, -0.2) is 4.79 Å². The summed E-state index contributed by atoms with van der Waals surface area (Å²) in [6.45, 7) is 2.97. The zero-order valence-corrected chi connectivity index (χ0v) is 17.0. The maximum absolute atomic E-state index is 12.5. The van der Waals surface area contributed by atoms with Crippen LogP contribution in [-0.2, 0) is 16.1 Å². The Kier molecular flexibility index (Phi) is 5.45. The van der Waals surface area contributed by atoms with Gasteiger partial charge in [-0.1, -0.05) is 30.3 Å². The van der Waals surface area contributed by atoms with E-state index in [2.05, 4.69) is 0 Å². The molecule has 4 rings (SSSR count). The second-order valence-electron chi connectivity index (χ2n) is 7.17. The van der Waals surface area contributed by atoms with Crippen molar-refractivity contribution in [1.29, 1.82) is 0 Å². The van der Waals surface area contributed by atoms with Crippen LogP contribution < -0.4 is 0 Å². The molecular weight excluding hydrogens is 386 g/mol. The van der Waals surface area contributed by atoms with E-state index in [1.54, 1.807) is 12.1 Å². The third-order valence-electron chi connectivity index (χ3n) is 5.17. The highest BCUT2D eigenvalue weighted by Gasteiger charge is 2.20. The fourth-order valence-corrected chi connectivity index (χ4v) is 4.69. The van der Waals surface area contributed by atoms with Crippen molar-refractivity contribution in [2.24, 2.45) is 0 Å². The predicted molar refractivity (Wildman–Crippen MR) is 112 cm³/mol. The molecule has 1 aliphatic rings. The minimum Gasteiger partial charge on any atom is -0.454 e. The number of nitrogens with zero attached hydrogens (tertiary/aromatic N) is 1. The van der Waals surface area contributed by atoms with Gasteiger partial charge in [-0.15, -0.1) is 11.3 Å². The molecule has 0 unspecified atom stereocenters. The third kappa shape index (κ3) is 4.07. The lowest BCUT2D eigenvalue weighted by molar-refractivity contribution is -0.128. The Labute approximate surface area is 172 Å². The summed E-state index contributed by atoms with van der Waals surface area (Å²) in [5.41, 5.74) is 2.28. The molecule has 5 nitrogen and oxygen atoms in total. The molecule has 1 amide bonds. The van der Waals surface area contributed by atoms with Crippen molar-refractivity contribution < 1.29 is 19.1 Å². The van der Waals surface area contributed by atoms with Crippen LogP contribution in [0.5, 0.6) is 0 Å². The van der Waals surface area contributed by atoms with E-state index in [4.69, 9.17) is 4.74 Å². The van der Waals surface area contributed by atoms with E-state index in [9.17, 15) is 14.4 Å². The van der Waals surface area contributed by atoms with Crippen LogP contribution in [0.2, 0.25) is 0 Å². The number of hydrogen-bond acceptors (Lipinski definition) is 5. The smallest absolute Gasteiger partial charge is 0.338 e. The quantitative estimate of drug-likeness (QED) is 0.450. The second-order valence-corrected chi connectivity index (χ2v) is 8.22. The fraction of sp³-hybridized carbons (Fsp3) is 0.261. The summed E-state index contributed by atoms with van der Waals surface area (Å²) < 4.78 is 6.29. The minimum absolute atomic E-state index is 0.170. The number of Topliss-reactive ketones (excluding diaryl/α,β-unsaturated/α-hetero) is 1. The lowest BCUT2D eigenvalue weighted by Gasteiger charge is -2.15. The molecule has 0 radical (unpaired) electrons. The first kappa shape index (κ1) is 19.3. The number of thiophene rings is 1. The monoisotopic (exact) mass is 407 g/mol. The maximum Gasteiger partial charge on any atom is 0.338 e. The fourth-order valence-electron chi connectivity index (χ4n) is 3.56. The Bertz CT molecular complexity index is 1080. The molecule has 0 atom stereocenters. The Hall–Kier alpha value is -2.99. The molecular formula is C23H21NO4S. The van der Waals surface area contributed by atoms with Crippen LogP contribution >= 0.6 is 11.3 Å². The van der Waals surface area contributed by atoms with E-state index in [0.29, 0.717) is 23.4 Å². The van der Waals surface area contributed by atoms with Gasteiger partial charge in [-0.3, -0.25) is 9.59 Å². The summed E-state index contributed by atoms with van der Waals surface area (Å²) in [4.78, 5) is 39.0. The van der Waals surface area contributed by atoms with Gasteiger partial charge in [0.25, 0.3) is 0 Å². The van der Waals surface area contributed by atoms with Gasteiger partial charge < -0.3 is 9.64 Å². The van der Waals surface area contributed by atoms with E-state index in [0.717, 1.165) is 34.2 Å². The first-order valence-corrected chi connectivity index (χ1v) is 10.4. The summed E-state index contributed by atoms with van der Waals surface area (Å²) in [7, 11) is 0. The Morgan fingerprint density at radius 1 is 1.10 bits per heavy atom. The van der Waals surface area contributed by atoms with Gasteiger partial charge in [0.05, 0.1) is 10.4 Å². The number of ketones is 1. The number of carbonyl (C=O) groups excluding carboxylic acids is 3. The highest BCUT2D eigenvalue weighted by molar-refractivity contribution is 7.21. The van der Waals surface area contributed by atoms with Gasteiger partial charge in [-0.05, 0) is 48.1 Å². The van der Waals surface area contributed by atoms with Gasteiger partial charge in [0.1, 0.15) is 0 Å². The molecule has 0 saturated carbocycles. The number of esters is 1. The molecule has 148 valence electrons. The van der Waals surface area contributed by atoms with Crippen LogP contribution in [-0.4, -0.2) is 35.7 Å². The molecule has 2 heterocycles. The first-order chi connectivity index (χ1) is 14.0. The van der Waals surface area contributed by atoms with Crippen molar-refractivity contribution in [3.05, 3.63) is 70.1 Å². The summed E-state index contributed by atoms with van der Waals surface area (Å²) in [6, 6.07) is 14.8. The van der Waals surface area contributed by atoms with Crippen LogP contribution in [0.3, 0.4) is 0 Å². The predicted octanol–water partition coefficient (Wildman–Crippen LogP) is 4.37. The molecule has 2 aromatic carbocycles. The molecule has 0 bridgehead atoms. The van der Waals surface area contributed by atoms with Gasteiger partial charge in [0.2, 0.25) is 11.7 Å². The van der Waals surface area contributed by atoms with Crippen LogP contribution in [0.4, 0.5) is 0 Å². The lowest BCUT2D eigenvalue weighted by Crippen LogP contribution is -2.23. The number of ether oxygens (including phenoxy) is 1. The molecule has 29 heavy (non-hydrogen) atoms. The summed E-state index contributed by atoms with van der Waals surface area (Å²) in [5, 5.41) is 1.05. The number of amides is 1. The minimum atomic E-state index is -0.527. The van der Waals surface area contributed by atoms with Crippen molar-refractivity contribution >= 4 is 39.1 Å². The Morgan fingerprint density at radius 2 is 1.86 bits per heavy atom. The van der Waals surface area contributed by atoms with Gasteiger partial charge in [-0.2, -0.15) is 0 Å². The number of rotatable bonds is 6. The molecule has 1 saturated heterocycles. The van der Waals surface area contributed by atoms with E-state index in [1.807, 2.05) is 48.2 Å². The third-order valence-corrected chi connectivity index (χ3v) is 6.48. The zero-order valence-electron chi connectivity index (χ0n) is 16.1. The molecule has 1 aliphatic heterocycles. The zero-order chi connectivity index (χ0) is 20.4. The van der Waals surface area contributed by atoms with Crippen LogP contribution in [0.1, 0.15) is 44.0 Å². The average Bonchev–Trinajstić information content (AvgIpc) is 3.30. The van der Waals surface area contributed by atoms with Gasteiger partial charge >= 0.3 is 5.97 Å². The molecule has 0 N–H and O–H groups in total. The van der Waals surface area contributed by atoms with E-state index < -0.39 is 5.97 Å². The SMILES string of the molecule is Cc1c(C(=O)COC(=O)c2ccc(CN3CCCC3=O)cc2)sc2ccccc12. The van der Waals surface area contributed by atoms with Crippen molar-refractivity contribution in [3.63, 3.8) is 0 Å². The number of fused-ring (bicyclic) bond motifs is 1. The molecule has 6 heteroatoms. The van der Waals surface area contributed by atoms with Crippen molar-refractivity contribution in [2.75, 3.05) is 13.2 Å². The van der Waals surface area contributed by atoms with Crippen LogP contribution in [0.25, 0.3) is 10.1 Å². The molecule has 3 aromatic rings. The largest absolute Gasteiger partial charge is 0.454 e. The summed E-state index contributed by atoms with van der Waals surface area (Å²) >= 11 is 1.42. The van der Waals surface area contributed by atoms with E-state index in [-0.39, 0.29) is 18.3 Å². The van der Waals surface area contributed by atoms with Crippen LogP contribution in [0, 0.1) is 6.92 Å². The number of carbonyl (C=O) groups is 3. The highest BCUT2D eigenvalue weighted by Crippen LogP contribution is 2.30. The van der Waals surface area contributed by atoms with E-state index >= 15 is 0 Å². The number of hydrogen-bond donors (Lipinski definition) is 0. The number of benzene rings is 2. The number of likely N-dealkylation sites (tertiary alicyclic amines) is 1. The Balaban J connectivity index is 1.37. The van der Waals surface area contributed by atoms with Crippen molar-refractivity contribution in [3.8, 4) is 0 Å². The summed E-state index contributed by atoms with van der Waals surface area (Å²) in [6.07, 6.45) is 1.51. The highest BCUT2D eigenvalue weighted by atomic mass is 32.1. The van der Waals surface area contributed by atoms with Crippen molar-refractivity contribution in [1.82, 2.24) is 4.90 Å². The number of aryl methyl sites for hydroxylation is 1. The maximum atomic E-state index is 12.5. The van der Waals surface area contributed by atoms with Gasteiger partial charge in [0, 0.05) is 24.2 Å². The summed E-state index contributed by atoms with van der Waals surface area (Å²) in [5.74, 6) is -0.550. The molecule has 0 spiro atoms. The second kappa shape index (κ2) is 8.17. The van der Waals surface area contributed by atoms with Crippen LogP contribution in [0.15, 0.2) is 48.5 Å². The standard InChI is InChI=1S/C23H21NO4S/c1-15-18-5-2-3-6-20(18)29-22(15)19(25)14-28-23(27)17-10-8-16(9-11-17)13-24-12-4-7-21(24)26/h2-3,5-6,8-11H,4,7,12-14H2,1H3. The average molecular weight is 407 g/mol. The molecule has 1 aromatic heterocycles. The molecule has 1 fully saturated rings. The van der Waals surface area contributed by atoms with Gasteiger partial charge in [0.15, 0.2) is 6.61 Å². The lowest BCUT2D eigenvalue weighted by atomic mass is 10.1. The molecule has 0 aliphatic carbocycles. The Morgan fingerprint density at radius 3 is 2.55 bits per heavy atom. The first-order valence-electron chi connectivity index (χ1n) is 9.58. The van der Waals surface area contributed by atoms with E-state index in [1.165, 1.54) is 11.3 Å².